The van der Waals surface area contributed by atoms with Crippen LogP contribution in [-0.2, 0) is 10.2 Å². The van der Waals surface area contributed by atoms with Gasteiger partial charge in [0.15, 0.2) is 0 Å². The zero-order valence-corrected chi connectivity index (χ0v) is 8.79. The number of aliphatic hydroxyl groups excluding tert-OH is 1. The Bertz CT molecular complexity index is 263. The molecular formula is C7H16N2O3S. The predicted octanol–water partition coefficient (Wildman–Crippen LogP) is -0.750. The van der Waals surface area contributed by atoms with Crippen molar-refractivity contribution >= 4 is 10.2 Å². The second-order valence-electron chi connectivity index (χ2n) is 3.44. The molecule has 0 radical (unpaired) electrons. The average molecular weight is 208 g/mol. The van der Waals surface area contributed by atoms with Gasteiger partial charge >= 0.3 is 0 Å². The highest BCUT2D eigenvalue weighted by Crippen LogP contribution is 2.14. The number of piperidine rings is 1. The molecular weight excluding hydrogens is 192 g/mol. The number of nitrogens with zero attached hydrogens (tertiary/aromatic N) is 2. The first-order valence-corrected chi connectivity index (χ1v) is 5.70. The van der Waals surface area contributed by atoms with Crippen molar-refractivity contribution in [3.63, 3.8) is 0 Å². The van der Waals surface area contributed by atoms with Crippen molar-refractivity contribution in [2.75, 3.05) is 27.2 Å². The van der Waals surface area contributed by atoms with E-state index in [1.165, 1.54) is 22.7 Å². The molecule has 0 saturated carbocycles. The molecule has 78 valence electrons. The Balaban J connectivity index is 2.71. The molecule has 0 bridgehead atoms. The Morgan fingerprint density at radius 3 is 2.54 bits per heavy atom. The first-order chi connectivity index (χ1) is 5.94. The Morgan fingerprint density at radius 2 is 2.08 bits per heavy atom. The smallest absolute Gasteiger partial charge is 0.281 e. The summed E-state index contributed by atoms with van der Waals surface area (Å²) in [5.41, 5.74) is 0. The standard InChI is InChI=1S/C7H16N2O3S/c1-8(2)13(11,12)9-5-3-4-7(10)6-9/h7,10H,3-6H2,1-2H3. The van der Waals surface area contributed by atoms with E-state index in [4.69, 9.17) is 0 Å². The van der Waals surface area contributed by atoms with Crippen molar-refractivity contribution in [3.8, 4) is 0 Å². The maximum absolute atomic E-state index is 11.6. The Labute approximate surface area is 79.1 Å². The van der Waals surface area contributed by atoms with Crippen LogP contribution in [0.1, 0.15) is 12.8 Å². The molecule has 0 amide bonds. The van der Waals surface area contributed by atoms with Gasteiger partial charge in [-0.15, -0.1) is 0 Å². The number of rotatable bonds is 2. The van der Waals surface area contributed by atoms with E-state index in [1.54, 1.807) is 0 Å². The summed E-state index contributed by atoms with van der Waals surface area (Å²) in [4.78, 5) is 0. The molecule has 5 nitrogen and oxygen atoms in total. The highest BCUT2D eigenvalue weighted by molar-refractivity contribution is 7.86. The summed E-state index contributed by atoms with van der Waals surface area (Å²) in [6, 6.07) is 0. The largest absolute Gasteiger partial charge is 0.392 e. The van der Waals surface area contributed by atoms with Crippen LogP contribution in [-0.4, -0.2) is 55.4 Å². The van der Waals surface area contributed by atoms with E-state index in [1.807, 2.05) is 0 Å². The van der Waals surface area contributed by atoms with Gasteiger partial charge in [-0.2, -0.15) is 17.0 Å². The van der Waals surface area contributed by atoms with Gasteiger partial charge in [-0.3, -0.25) is 0 Å². The van der Waals surface area contributed by atoms with Crippen molar-refractivity contribution in [3.05, 3.63) is 0 Å². The summed E-state index contributed by atoms with van der Waals surface area (Å²) < 4.78 is 25.6. The van der Waals surface area contributed by atoms with Gasteiger partial charge in [-0.25, -0.2) is 0 Å². The molecule has 0 aliphatic carbocycles. The highest BCUT2D eigenvalue weighted by Gasteiger charge is 2.29. The van der Waals surface area contributed by atoms with E-state index in [-0.39, 0.29) is 6.54 Å². The molecule has 13 heavy (non-hydrogen) atoms. The van der Waals surface area contributed by atoms with Crippen LogP contribution >= 0.6 is 0 Å². The molecule has 1 rings (SSSR count). The van der Waals surface area contributed by atoms with E-state index in [0.29, 0.717) is 13.0 Å². The molecule has 1 unspecified atom stereocenters. The van der Waals surface area contributed by atoms with Gasteiger partial charge in [0, 0.05) is 27.2 Å². The zero-order chi connectivity index (χ0) is 10.1. The van der Waals surface area contributed by atoms with E-state index in [9.17, 15) is 13.5 Å². The van der Waals surface area contributed by atoms with Gasteiger partial charge < -0.3 is 5.11 Å². The third-order valence-corrected chi connectivity index (χ3v) is 4.05. The minimum Gasteiger partial charge on any atom is -0.392 e. The van der Waals surface area contributed by atoms with Crippen molar-refractivity contribution in [2.24, 2.45) is 0 Å². The lowest BCUT2D eigenvalue weighted by Gasteiger charge is -2.31. The van der Waals surface area contributed by atoms with Gasteiger partial charge in [-0.1, -0.05) is 0 Å². The van der Waals surface area contributed by atoms with Crippen LogP contribution in [0.15, 0.2) is 0 Å². The Kier molecular flexibility index (Phi) is 3.28. The summed E-state index contributed by atoms with van der Waals surface area (Å²) in [6.45, 7) is 0.734. The molecule has 1 aliphatic rings. The first-order valence-electron chi connectivity index (χ1n) is 4.30. The number of hydrogen-bond donors (Lipinski definition) is 1. The highest BCUT2D eigenvalue weighted by atomic mass is 32.2. The number of aliphatic hydroxyl groups is 1. The Morgan fingerprint density at radius 1 is 1.46 bits per heavy atom. The van der Waals surface area contributed by atoms with Crippen LogP contribution in [0.2, 0.25) is 0 Å². The third kappa shape index (κ3) is 2.40. The van der Waals surface area contributed by atoms with E-state index >= 15 is 0 Å². The quantitative estimate of drug-likeness (QED) is 0.649. The second-order valence-corrected chi connectivity index (χ2v) is 5.59. The van der Waals surface area contributed by atoms with E-state index < -0.39 is 16.3 Å². The fraction of sp³-hybridized carbons (Fsp3) is 1.00. The molecule has 1 fully saturated rings. The first kappa shape index (κ1) is 10.9. The summed E-state index contributed by atoms with van der Waals surface area (Å²) >= 11 is 0. The van der Waals surface area contributed by atoms with Crippen LogP contribution in [0.25, 0.3) is 0 Å². The fourth-order valence-electron chi connectivity index (χ4n) is 1.36. The normalized spacial score (nSPS) is 26.6. The summed E-state index contributed by atoms with van der Waals surface area (Å²) in [5.74, 6) is 0. The van der Waals surface area contributed by atoms with Crippen LogP contribution in [0.4, 0.5) is 0 Å². The van der Waals surface area contributed by atoms with Crippen molar-refractivity contribution in [1.29, 1.82) is 0 Å². The van der Waals surface area contributed by atoms with Crippen molar-refractivity contribution in [1.82, 2.24) is 8.61 Å². The van der Waals surface area contributed by atoms with Crippen molar-refractivity contribution < 1.29 is 13.5 Å². The average Bonchev–Trinajstić information content (AvgIpc) is 2.04. The number of hydrogen-bond acceptors (Lipinski definition) is 3. The van der Waals surface area contributed by atoms with Crippen LogP contribution in [0.3, 0.4) is 0 Å². The van der Waals surface area contributed by atoms with E-state index in [0.717, 1.165) is 6.42 Å². The van der Waals surface area contributed by atoms with Crippen LogP contribution in [0, 0.1) is 0 Å². The minimum atomic E-state index is -3.33. The fourth-order valence-corrected chi connectivity index (χ4v) is 2.54. The molecule has 0 aromatic rings. The molecule has 1 aliphatic heterocycles. The lowest BCUT2D eigenvalue weighted by Crippen LogP contribution is -2.46. The maximum Gasteiger partial charge on any atom is 0.281 e. The summed E-state index contributed by atoms with van der Waals surface area (Å²) in [5, 5.41) is 9.30. The van der Waals surface area contributed by atoms with Crippen LogP contribution < -0.4 is 0 Å². The van der Waals surface area contributed by atoms with Gasteiger partial charge in [0.1, 0.15) is 0 Å². The van der Waals surface area contributed by atoms with E-state index in [2.05, 4.69) is 0 Å². The van der Waals surface area contributed by atoms with Crippen molar-refractivity contribution in [2.45, 2.75) is 18.9 Å². The molecule has 0 aromatic heterocycles. The predicted molar refractivity (Wildman–Crippen MR) is 49.4 cm³/mol. The van der Waals surface area contributed by atoms with Gasteiger partial charge in [0.2, 0.25) is 0 Å². The lowest BCUT2D eigenvalue weighted by molar-refractivity contribution is 0.105. The third-order valence-electron chi connectivity index (χ3n) is 2.15. The van der Waals surface area contributed by atoms with Gasteiger partial charge in [0.05, 0.1) is 6.10 Å². The van der Waals surface area contributed by atoms with Crippen LogP contribution in [0.5, 0.6) is 0 Å². The second kappa shape index (κ2) is 3.91. The summed E-state index contributed by atoms with van der Waals surface area (Å²) in [6.07, 6.45) is 0.914. The molecule has 1 N–H and O–H groups in total. The van der Waals surface area contributed by atoms with Gasteiger partial charge in [-0.05, 0) is 12.8 Å². The zero-order valence-electron chi connectivity index (χ0n) is 7.97. The molecule has 0 aromatic carbocycles. The molecule has 1 saturated heterocycles. The monoisotopic (exact) mass is 208 g/mol. The molecule has 0 spiro atoms. The topological polar surface area (TPSA) is 60.9 Å². The Hall–Kier alpha value is -0.170. The minimum absolute atomic E-state index is 0.223. The lowest BCUT2D eigenvalue weighted by atomic mass is 10.1. The summed E-state index contributed by atoms with van der Waals surface area (Å²) in [7, 11) is -0.334. The molecule has 1 heterocycles. The molecule has 6 heteroatoms. The SMILES string of the molecule is CN(C)S(=O)(=O)N1CCCC(O)C1. The molecule has 1 atom stereocenters. The maximum atomic E-state index is 11.6. The van der Waals surface area contributed by atoms with Gasteiger partial charge in [0.25, 0.3) is 10.2 Å². The number of β-amino-alcohol motifs (C(OH)–C–C–N with tert-alkyl or cyclic N) is 1.